The van der Waals surface area contributed by atoms with Crippen molar-refractivity contribution in [1.82, 2.24) is 0 Å². The molecule has 174 valence electrons. The summed E-state index contributed by atoms with van der Waals surface area (Å²) in [6.45, 7) is 1.09. The van der Waals surface area contributed by atoms with Crippen molar-refractivity contribution < 1.29 is 14.6 Å². The molecule has 5 heteroatoms. The highest BCUT2D eigenvalue weighted by Crippen LogP contribution is 2.53. The quantitative estimate of drug-likeness (QED) is 0.400. The van der Waals surface area contributed by atoms with Crippen molar-refractivity contribution in [3.8, 4) is 0 Å². The third kappa shape index (κ3) is 4.24. The molecule has 3 aromatic carbocycles. The molecule has 34 heavy (non-hydrogen) atoms. The van der Waals surface area contributed by atoms with Gasteiger partial charge in [0.1, 0.15) is 5.54 Å². The molecule has 0 unspecified atom stereocenters. The lowest BCUT2D eigenvalue weighted by Crippen LogP contribution is -2.52. The van der Waals surface area contributed by atoms with Gasteiger partial charge in [0.2, 0.25) is 0 Å². The maximum atomic E-state index is 12.5. The largest absolute Gasteiger partial charge is 0.480 e. The van der Waals surface area contributed by atoms with Crippen LogP contribution in [0.4, 0.5) is 5.69 Å². The van der Waals surface area contributed by atoms with Gasteiger partial charge in [0, 0.05) is 16.1 Å². The number of hydrogen-bond acceptors (Lipinski definition) is 3. The molecule has 1 saturated carbocycles. The Morgan fingerprint density at radius 2 is 1.65 bits per heavy atom. The normalized spacial score (nSPS) is 23.4. The van der Waals surface area contributed by atoms with E-state index < -0.39 is 11.5 Å². The number of anilines is 1. The second-order valence-corrected chi connectivity index (χ2v) is 9.78. The van der Waals surface area contributed by atoms with Crippen molar-refractivity contribution in [2.24, 2.45) is 0 Å². The average molecular weight is 474 g/mol. The molecule has 1 fully saturated rings. The van der Waals surface area contributed by atoms with Gasteiger partial charge >= 0.3 is 5.97 Å². The van der Waals surface area contributed by atoms with Crippen LogP contribution in [0.25, 0.3) is 6.08 Å². The Balaban J connectivity index is 1.37. The van der Waals surface area contributed by atoms with Gasteiger partial charge in [0.15, 0.2) is 0 Å². The fraction of sp³-hybridized carbons (Fsp3) is 0.276. The van der Waals surface area contributed by atoms with Crippen molar-refractivity contribution in [3.63, 3.8) is 0 Å². The summed E-state index contributed by atoms with van der Waals surface area (Å²) >= 11 is 6.15. The molecular formula is C29H28ClNO3. The van der Waals surface area contributed by atoms with Gasteiger partial charge < -0.3 is 15.2 Å². The molecule has 0 aromatic heterocycles. The van der Waals surface area contributed by atoms with E-state index in [9.17, 15) is 9.90 Å². The Kier molecular flexibility index (Phi) is 6.20. The molecule has 0 saturated heterocycles. The van der Waals surface area contributed by atoms with E-state index >= 15 is 0 Å². The van der Waals surface area contributed by atoms with E-state index in [0.717, 1.165) is 24.1 Å². The highest BCUT2D eigenvalue weighted by molar-refractivity contribution is 6.30. The summed E-state index contributed by atoms with van der Waals surface area (Å²) in [5.74, 6) is -0.820. The van der Waals surface area contributed by atoms with Crippen LogP contribution in [0.3, 0.4) is 0 Å². The smallest absolute Gasteiger partial charge is 0.329 e. The lowest BCUT2D eigenvalue weighted by molar-refractivity contribution is -0.143. The molecule has 5 rings (SSSR count). The minimum Gasteiger partial charge on any atom is -0.480 e. The summed E-state index contributed by atoms with van der Waals surface area (Å²) in [7, 11) is 0. The molecular weight excluding hydrogens is 446 g/mol. The first-order valence-electron chi connectivity index (χ1n) is 11.7. The summed E-state index contributed by atoms with van der Waals surface area (Å²) < 4.78 is 6.16. The van der Waals surface area contributed by atoms with E-state index in [-0.39, 0.29) is 5.41 Å². The highest BCUT2D eigenvalue weighted by Gasteiger charge is 2.51. The lowest BCUT2D eigenvalue weighted by atomic mass is 9.62. The van der Waals surface area contributed by atoms with Gasteiger partial charge in [-0.15, -0.1) is 0 Å². The Labute approximate surface area is 205 Å². The molecule has 0 amide bonds. The number of carbonyl (C=O) groups is 1. The standard InChI is InChI=1S/C29H28ClNO3/c30-24-10-6-11-25(18-24)31-29(27(32)33)15-13-28(14-16-29)23(17-22-9-4-5-12-26(22)28)20-34-19-21-7-2-1-3-8-21/h1-12,17-18,31H,13-16,19-20H2,(H,32,33). The van der Waals surface area contributed by atoms with E-state index in [1.165, 1.54) is 16.7 Å². The van der Waals surface area contributed by atoms with Gasteiger partial charge in [-0.2, -0.15) is 0 Å². The fourth-order valence-corrected chi connectivity index (χ4v) is 5.71. The number of carboxylic acids is 1. The zero-order valence-electron chi connectivity index (χ0n) is 19.0. The van der Waals surface area contributed by atoms with E-state index in [2.05, 4.69) is 47.8 Å². The number of ether oxygens (including phenoxy) is 1. The maximum absolute atomic E-state index is 12.5. The van der Waals surface area contributed by atoms with Crippen LogP contribution in [0.5, 0.6) is 0 Å². The molecule has 0 radical (unpaired) electrons. The summed E-state index contributed by atoms with van der Waals surface area (Å²) in [5.41, 5.74) is 4.41. The van der Waals surface area contributed by atoms with Crippen molar-refractivity contribution in [2.75, 3.05) is 11.9 Å². The first-order chi connectivity index (χ1) is 16.5. The van der Waals surface area contributed by atoms with E-state index in [1.54, 1.807) is 12.1 Å². The summed E-state index contributed by atoms with van der Waals surface area (Å²) in [6, 6.07) is 25.9. The topological polar surface area (TPSA) is 58.6 Å². The zero-order chi connectivity index (χ0) is 23.6. The van der Waals surface area contributed by atoms with Crippen molar-refractivity contribution in [2.45, 2.75) is 43.2 Å². The minimum atomic E-state index is -1.02. The first-order valence-corrected chi connectivity index (χ1v) is 12.1. The second-order valence-electron chi connectivity index (χ2n) is 9.34. The minimum absolute atomic E-state index is 0.192. The number of hydrogen-bond donors (Lipinski definition) is 2. The number of rotatable bonds is 7. The predicted octanol–water partition coefficient (Wildman–Crippen LogP) is 6.70. The zero-order valence-corrected chi connectivity index (χ0v) is 19.7. The van der Waals surface area contributed by atoms with E-state index in [1.807, 2.05) is 30.3 Å². The number of halogens is 1. The fourth-order valence-electron chi connectivity index (χ4n) is 5.52. The molecule has 3 aromatic rings. The Morgan fingerprint density at radius 1 is 0.912 bits per heavy atom. The number of nitrogens with one attached hydrogen (secondary N) is 1. The SMILES string of the molecule is O=C(O)C1(Nc2cccc(Cl)c2)CCC2(CC1)C(COCc1ccccc1)=Cc1ccccc12. The van der Waals surface area contributed by atoms with Gasteiger partial charge in [0.05, 0.1) is 13.2 Å². The monoisotopic (exact) mass is 473 g/mol. The lowest BCUT2D eigenvalue weighted by Gasteiger charge is -2.45. The summed E-state index contributed by atoms with van der Waals surface area (Å²) in [5, 5.41) is 14.1. The van der Waals surface area contributed by atoms with Crippen molar-refractivity contribution >= 4 is 29.3 Å². The van der Waals surface area contributed by atoms with Crippen LogP contribution >= 0.6 is 11.6 Å². The molecule has 0 aliphatic heterocycles. The first kappa shape index (κ1) is 22.7. The predicted molar refractivity (Wildman–Crippen MR) is 136 cm³/mol. The van der Waals surface area contributed by atoms with Crippen LogP contribution in [-0.4, -0.2) is 23.2 Å². The summed E-state index contributed by atoms with van der Waals surface area (Å²) in [6.07, 6.45) is 4.76. The number of benzene rings is 3. The Morgan fingerprint density at radius 3 is 2.38 bits per heavy atom. The second kappa shape index (κ2) is 9.28. The van der Waals surface area contributed by atoms with E-state index in [0.29, 0.717) is 31.1 Å². The van der Waals surface area contributed by atoms with Crippen LogP contribution in [0.1, 0.15) is 42.4 Å². The molecule has 1 spiro atoms. The van der Waals surface area contributed by atoms with Gasteiger partial charge in [-0.25, -0.2) is 4.79 Å². The number of carboxylic acid groups (broad SMARTS) is 1. The average Bonchev–Trinajstić information content (AvgIpc) is 3.14. The number of aliphatic carboxylic acids is 1. The van der Waals surface area contributed by atoms with Crippen LogP contribution in [0.15, 0.2) is 84.4 Å². The van der Waals surface area contributed by atoms with Gasteiger partial charge in [0.25, 0.3) is 0 Å². The Hall–Kier alpha value is -3.08. The maximum Gasteiger partial charge on any atom is 0.329 e. The van der Waals surface area contributed by atoms with Crippen molar-refractivity contribution in [1.29, 1.82) is 0 Å². The third-order valence-corrected chi connectivity index (χ3v) is 7.60. The van der Waals surface area contributed by atoms with Gasteiger partial charge in [-0.1, -0.05) is 78.3 Å². The number of fused-ring (bicyclic) bond motifs is 2. The molecule has 2 aliphatic rings. The summed E-state index contributed by atoms with van der Waals surface area (Å²) in [4.78, 5) is 12.5. The third-order valence-electron chi connectivity index (χ3n) is 7.36. The molecule has 2 N–H and O–H groups in total. The van der Waals surface area contributed by atoms with E-state index in [4.69, 9.17) is 16.3 Å². The molecule has 2 aliphatic carbocycles. The molecule has 0 bridgehead atoms. The Bertz CT molecular complexity index is 1210. The van der Waals surface area contributed by atoms with Crippen molar-refractivity contribution in [3.05, 3.63) is 106 Å². The molecule has 4 nitrogen and oxygen atoms in total. The van der Waals surface area contributed by atoms with Crippen LogP contribution in [-0.2, 0) is 21.6 Å². The van der Waals surface area contributed by atoms with Crippen LogP contribution in [0, 0.1) is 0 Å². The highest BCUT2D eigenvalue weighted by atomic mass is 35.5. The molecule has 0 atom stereocenters. The van der Waals surface area contributed by atoms with Crippen LogP contribution < -0.4 is 5.32 Å². The van der Waals surface area contributed by atoms with Gasteiger partial charge in [-0.05, 0) is 66.1 Å². The van der Waals surface area contributed by atoms with Gasteiger partial charge in [-0.3, -0.25) is 0 Å². The van der Waals surface area contributed by atoms with Crippen LogP contribution in [0.2, 0.25) is 5.02 Å². The molecule has 0 heterocycles.